The third-order valence-corrected chi connectivity index (χ3v) is 5.62. The molecular formula is C25H27FN2O4. The Balaban J connectivity index is 1.44. The molecule has 0 aliphatic carbocycles. The number of aromatic nitrogens is 1. The quantitative estimate of drug-likeness (QED) is 0.527. The number of halogens is 1. The predicted octanol–water partition coefficient (Wildman–Crippen LogP) is 4.85. The molecule has 6 nitrogen and oxygen atoms in total. The molecule has 1 fully saturated rings. The van der Waals surface area contributed by atoms with E-state index >= 15 is 0 Å². The van der Waals surface area contributed by atoms with Crippen LogP contribution in [0, 0.1) is 12.7 Å². The molecule has 7 heteroatoms. The summed E-state index contributed by atoms with van der Waals surface area (Å²) in [6.07, 6.45) is 4.79. The summed E-state index contributed by atoms with van der Waals surface area (Å²) < 4.78 is 30.6. The van der Waals surface area contributed by atoms with E-state index in [0.29, 0.717) is 36.1 Å². The molecule has 3 aromatic rings. The van der Waals surface area contributed by atoms with Gasteiger partial charge in [-0.2, -0.15) is 0 Å². The minimum Gasteiger partial charge on any atom is -0.493 e. The van der Waals surface area contributed by atoms with Gasteiger partial charge in [0.2, 0.25) is 5.89 Å². The molecule has 4 rings (SSSR count). The summed E-state index contributed by atoms with van der Waals surface area (Å²) in [5, 5.41) is 0. The number of likely N-dealkylation sites (tertiary alicyclic amines) is 1. The van der Waals surface area contributed by atoms with E-state index in [1.54, 1.807) is 24.3 Å². The smallest absolute Gasteiger partial charge is 0.261 e. The highest BCUT2D eigenvalue weighted by Crippen LogP contribution is 2.32. The van der Waals surface area contributed by atoms with Gasteiger partial charge in [-0.3, -0.25) is 4.79 Å². The number of carbonyl (C=O) groups excluding carboxylic acids is 1. The highest BCUT2D eigenvalue weighted by molar-refractivity contribution is 5.78. The summed E-state index contributed by atoms with van der Waals surface area (Å²) in [6, 6.07) is 11.8. The number of hydrogen-bond acceptors (Lipinski definition) is 5. The highest BCUT2D eigenvalue weighted by atomic mass is 19.1. The van der Waals surface area contributed by atoms with Crippen molar-refractivity contribution in [3.63, 3.8) is 0 Å². The van der Waals surface area contributed by atoms with Crippen LogP contribution in [-0.4, -0.2) is 36.1 Å². The zero-order valence-corrected chi connectivity index (χ0v) is 18.3. The minimum absolute atomic E-state index is 0.0905. The fourth-order valence-corrected chi connectivity index (χ4v) is 4.01. The molecular weight excluding hydrogens is 411 g/mol. The normalized spacial score (nSPS) is 16.1. The van der Waals surface area contributed by atoms with Gasteiger partial charge >= 0.3 is 0 Å². The largest absolute Gasteiger partial charge is 0.493 e. The molecule has 2 heterocycles. The lowest BCUT2D eigenvalue weighted by Crippen LogP contribution is -2.41. The Morgan fingerprint density at radius 1 is 1.22 bits per heavy atom. The molecule has 1 unspecified atom stereocenters. The maximum absolute atomic E-state index is 13.5. The molecule has 0 spiro atoms. The number of amides is 1. The molecule has 1 aliphatic rings. The first kappa shape index (κ1) is 21.9. The third-order valence-electron chi connectivity index (χ3n) is 5.62. The van der Waals surface area contributed by atoms with Gasteiger partial charge in [0, 0.05) is 13.0 Å². The molecule has 1 aromatic heterocycles. The lowest BCUT2D eigenvalue weighted by atomic mass is 10.0. The highest BCUT2D eigenvalue weighted by Gasteiger charge is 2.31. The van der Waals surface area contributed by atoms with Gasteiger partial charge in [-0.15, -0.1) is 0 Å². The molecule has 1 atom stereocenters. The molecule has 1 aliphatic heterocycles. The number of nitrogens with zero attached hydrogens (tertiary/aromatic N) is 2. The first-order chi connectivity index (χ1) is 15.5. The number of ether oxygens (including phenoxy) is 2. The molecule has 0 bridgehead atoms. The van der Waals surface area contributed by atoms with Crippen molar-refractivity contribution in [2.24, 2.45) is 0 Å². The van der Waals surface area contributed by atoms with E-state index in [1.165, 1.54) is 12.1 Å². The van der Waals surface area contributed by atoms with Crippen molar-refractivity contribution < 1.29 is 23.1 Å². The summed E-state index contributed by atoms with van der Waals surface area (Å²) >= 11 is 0. The second kappa shape index (κ2) is 9.85. The number of rotatable bonds is 7. The van der Waals surface area contributed by atoms with Crippen molar-refractivity contribution in [3.05, 3.63) is 77.3 Å². The van der Waals surface area contributed by atoms with E-state index in [1.807, 2.05) is 31.2 Å². The van der Waals surface area contributed by atoms with Gasteiger partial charge < -0.3 is 18.8 Å². The number of benzene rings is 2. The van der Waals surface area contributed by atoms with E-state index in [2.05, 4.69) is 4.98 Å². The van der Waals surface area contributed by atoms with Crippen LogP contribution in [-0.2, 0) is 11.2 Å². The number of piperidine rings is 1. The summed E-state index contributed by atoms with van der Waals surface area (Å²) in [5.41, 5.74) is 1.86. The molecule has 32 heavy (non-hydrogen) atoms. The van der Waals surface area contributed by atoms with Crippen LogP contribution >= 0.6 is 0 Å². The lowest BCUT2D eigenvalue weighted by molar-refractivity contribution is -0.137. The van der Waals surface area contributed by atoms with Gasteiger partial charge in [0.1, 0.15) is 17.6 Å². The van der Waals surface area contributed by atoms with Crippen LogP contribution in [0.2, 0.25) is 0 Å². The van der Waals surface area contributed by atoms with Crippen molar-refractivity contribution in [2.45, 2.75) is 38.6 Å². The molecule has 0 saturated carbocycles. The minimum atomic E-state index is -0.281. The second-order valence-corrected chi connectivity index (χ2v) is 8.01. The maximum Gasteiger partial charge on any atom is 0.261 e. The second-order valence-electron chi connectivity index (χ2n) is 8.01. The van der Waals surface area contributed by atoms with Crippen LogP contribution in [0.4, 0.5) is 4.39 Å². The molecule has 0 N–H and O–H groups in total. The van der Waals surface area contributed by atoms with Gasteiger partial charge in [0.25, 0.3) is 5.91 Å². The third kappa shape index (κ3) is 5.10. The fraction of sp³-hybridized carbons (Fsp3) is 0.360. The van der Waals surface area contributed by atoms with Crippen molar-refractivity contribution in [2.75, 3.05) is 20.3 Å². The number of hydrogen-bond donors (Lipinski definition) is 0. The van der Waals surface area contributed by atoms with Gasteiger partial charge in [-0.25, -0.2) is 9.37 Å². The number of carbonyl (C=O) groups is 1. The first-order valence-corrected chi connectivity index (χ1v) is 10.8. The monoisotopic (exact) mass is 438 g/mol. The van der Waals surface area contributed by atoms with E-state index < -0.39 is 0 Å². The molecule has 0 radical (unpaired) electrons. The predicted molar refractivity (Wildman–Crippen MR) is 117 cm³/mol. The zero-order chi connectivity index (χ0) is 22.5. The fourth-order valence-electron chi connectivity index (χ4n) is 4.01. The maximum atomic E-state index is 13.5. The average Bonchev–Trinajstić information content (AvgIpc) is 3.26. The van der Waals surface area contributed by atoms with Crippen LogP contribution in [0.15, 0.2) is 53.1 Å². The van der Waals surface area contributed by atoms with E-state index in [4.69, 9.17) is 13.9 Å². The first-order valence-electron chi connectivity index (χ1n) is 10.8. The van der Waals surface area contributed by atoms with Gasteiger partial charge in [-0.05, 0) is 61.6 Å². The molecule has 2 aromatic carbocycles. The number of methoxy groups -OCH3 is 1. The summed E-state index contributed by atoms with van der Waals surface area (Å²) in [6.45, 7) is 2.50. The molecule has 1 saturated heterocycles. The van der Waals surface area contributed by atoms with Crippen LogP contribution in [0.3, 0.4) is 0 Å². The van der Waals surface area contributed by atoms with Crippen molar-refractivity contribution in [3.8, 4) is 11.5 Å². The van der Waals surface area contributed by atoms with Crippen molar-refractivity contribution in [1.29, 1.82) is 0 Å². The van der Waals surface area contributed by atoms with Gasteiger partial charge in [0.05, 0.1) is 13.3 Å². The van der Waals surface area contributed by atoms with Crippen LogP contribution in [0.1, 0.15) is 48.1 Å². The van der Waals surface area contributed by atoms with E-state index in [9.17, 15) is 9.18 Å². The zero-order valence-electron chi connectivity index (χ0n) is 18.3. The van der Waals surface area contributed by atoms with Crippen LogP contribution in [0.25, 0.3) is 0 Å². The Labute approximate surface area is 187 Å². The van der Waals surface area contributed by atoms with Gasteiger partial charge in [-0.1, -0.05) is 18.2 Å². The lowest BCUT2D eigenvalue weighted by Gasteiger charge is -2.33. The van der Waals surface area contributed by atoms with Crippen LogP contribution in [0.5, 0.6) is 11.5 Å². The standard InChI is InChI=1S/C25H27FN2O4/c1-17-9-10-22(23(12-17)30-2)31-16-24(29)28-11-4-3-8-21(28)25-27-15-20(32-25)14-18-6-5-7-19(26)13-18/h5-7,9-10,12-13,15,21H,3-4,8,11,14,16H2,1-2H3. The number of oxazole rings is 1. The molecule has 168 valence electrons. The average molecular weight is 438 g/mol. The Morgan fingerprint density at radius 2 is 2.09 bits per heavy atom. The van der Waals surface area contributed by atoms with Crippen molar-refractivity contribution in [1.82, 2.24) is 9.88 Å². The SMILES string of the molecule is COc1cc(C)ccc1OCC(=O)N1CCCCC1c1ncc(Cc2cccc(F)c2)o1. The Morgan fingerprint density at radius 3 is 2.91 bits per heavy atom. The Bertz CT molecular complexity index is 1080. The van der Waals surface area contributed by atoms with Crippen LogP contribution < -0.4 is 9.47 Å². The summed E-state index contributed by atoms with van der Waals surface area (Å²) in [4.78, 5) is 19.2. The summed E-state index contributed by atoms with van der Waals surface area (Å²) in [7, 11) is 1.58. The Hall–Kier alpha value is -3.35. The molecule has 1 amide bonds. The summed E-state index contributed by atoms with van der Waals surface area (Å²) in [5.74, 6) is 1.89. The van der Waals surface area contributed by atoms with Crippen molar-refractivity contribution >= 4 is 5.91 Å². The van der Waals surface area contributed by atoms with Gasteiger partial charge in [0.15, 0.2) is 18.1 Å². The Kier molecular flexibility index (Phi) is 6.73. The van der Waals surface area contributed by atoms with E-state index in [0.717, 1.165) is 30.4 Å². The number of aryl methyl sites for hydroxylation is 1. The topological polar surface area (TPSA) is 64.8 Å². The van der Waals surface area contributed by atoms with E-state index in [-0.39, 0.29) is 24.4 Å².